The summed E-state index contributed by atoms with van der Waals surface area (Å²) in [5, 5.41) is 7.17. The van der Waals surface area contributed by atoms with Gasteiger partial charge in [-0.2, -0.15) is 0 Å². The Morgan fingerprint density at radius 2 is 2.25 bits per heavy atom. The van der Waals surface area contributed by atoms with Gasteiger partial charge in [0, 0.05) is 17.3 Å². The second kappa shape index (κ2) is 7.23. The molecule has 126 valence electrons. The smallest absolute Gasteiger partial charge is 0.341 e. The van der Waals surface area contributed by atoms with Gasteiger partial charge in [-0.15, -0.1) is 11.3 Å². The Hall–Kier alpha value is -2.06. The van der Waals surface area contributed by atoms with E-state index in [4.69, 9.17) is 17.0 Å². The van der Waals surface area contributed by atoms with Crippen molar-refractivity contribution >= 4 is 45.5 Å². The predicted octanol–water partition coefficient (Wildman–Crippen LogP) is 3.26. The van der Waals surface area contributed by atoms with E-state index in [0.717, 1.165) is 29.8 Å². The highest BCUT2D eigenvalue weighted by Gasteiger charge is 2.28. The number of thiophene rings is 1. The SMILES string of the molecule is COC(=O)c1c(NC(=S)Nc2cnccn2)sc2c1CC[C@H](C)C2. The fourth-order valence-corrected chi connectivity index (χ4v) is 4.45. The van der Waals surface area contributed by atoms with Crippen LogP contribution in [0.3, 0.4) is 0 Å². The van der Waals surface area contributed by atoms with Crippen molar-refractivity contribution in [2.75, 3.05) is 17.7 Å². The number of esters is 1. The Bertz CT molecular complexity index is 761. The number of carbonyl (C=O) groups excluding carboxylic acids is 1. The zero-order valence-electron chi connectivity index (χ0n) is 13.5. The summed E-state index contributed by atoms with van der Waals surface area (Å²) < 4.78 is 4.97. The molecular formula is C16H18N4O2S2. The van der Waals surface area contributed by atoms with E-state index in [-0.39, 0.29) is 5.97 Å². The number of hydrogen-bond donors (Lipinski definition) is 2. The molecule has 2 heterocycles. The van der Waals surface area contributed by atoms with Gasteiger partial charge >= 0.3 is 5.97 Å². The van der Waals surface area contributed by atoms with Crippen molar-refractivity contribution in [3.63, 3.8) is 0 Å². The van der Waals surface area contributed by atoms with Crippen molar-refractivity contribution in [2.45, 2.75) is 26.2 Å². The average molecular weight is 362 g/mol. The summed E-state index contributed by atoms with van der Waals surface area (Å²) >= 11 is 6.90. The first-order valence-corrected chi connectivity index (χ1v) is 8.87. The molecule has 0 saturated heterocycles. The number of nitrogens with one attached hydrogen (secondary N) is 2. The minimum atomic E-state index is -0.327. The third kappa shape index (κ3) is 3.54. The van der Waals surface area contributed by atoms with Gasteiger partial charge in [-0.3, -0.25) is 4.98 Å². The lowest BCUT2D eigenvalue weighted by Gasteiger charge is -2.18. The van der Waals surface area contributed by atoms with Crippen molar-refractivity contribution in [2.24, 2.45) is 5.92 Å². The molecule has 0 aromatic carbocycles. The molecule has 0 fully saturated rings. The molecule has 0 amide bonds. The lowest BCUT2D eigenvalue weighted by atomic mass is 9.88. The van der Waals surface area contributed by atoms with Crippen LogP contribution in [0.5, 0.6) is 0 Å². The van der Waals surface area contributed by atoms with Crippen molar-refractivity contribution in [3.8, 4) is 0 Å². The van der Waals surface area contributed by atoms with E-state index in [1.165, 1.54) is 12.0 Å². The number of thiocarbonyl (C=S) groups is 1. The summed E-state index contributed by atoms with van der Waals surface area (Å²) in [6.07, 6.45) is 7.70. The predicted molar refractivity (Wildman–Crippen MR) is 98.7 cm³/mol. The number of ether oxygens (including phenoxy) is 1. The Morgan fingerprint density at radius 1 is 1.42 bits per heavy atom. The molecule has 0 saturated carbocycles. The van der Waals surface area contributed by atoms with E-state index >= 15 is 0 Å². The molecule has 1 atom stereocenters. The first-order valence-electron chi connectivity index (χ1n) is 7.65. The fraction of sp³-hybridized carbons (Fsp3) is 0.375. The molecule has 0 bridgehead atoms. The first kappa shape index (κ1) is 16.8. The highest BCUT2D eigenvalue weighted by Crippen LogP contribution is 2.40. The van der Waals surface area contributed by atoms with E-state index in [1.807, 2.05) is 0 Å². The van der Waals surface area contributed by atoms with E-state index in [0.29, 0.717) is 22.4 Å². The lowest BCUT2D eigenvalue weighted by Crippen LogP contribution is -2.21. The Labute approximate surface area is 149 Å². The van der Waals surface area contributed by atoms with Crippen LogP contribution in [-0.4, -0.2) is 28.2 Å². The largest absolute Gasteiger partial charge is 0.465 e. The van der Waals surface area contributed by atoms with Crippen molar-refractivity contribution in [3.05, 3.63) is 34.6 Å². The van der Waals surface area contributed by atoms with Gasteiger partial charge in [0.05, 0.1) is 18.9 Å². The average Bonchev–Trinajstić information content (AvgIpc) is 2.91. The maximum absolute atomic E-state index is 12.2. The number of aromatic nitrogens is 2. The van der Waals surface area contributed by atoms with E-state index in [1.54, 1.807) is 29.9 Å². The zero-order valence-corrected chi connectivity index (χ0v) is 15.1. The summed E-state index contributed by atoms with van der Waals surface area (Å²) in [5.74, 6) is 0.843. The summed E-state index contributed by atoms with van der Waals surface area (Å²) in [6, 6.07) is 0. The number of anilines is 2. The van der Waals surface area contributed by atoms with Gasteiger partial charge in [-0.05, 0) is 43.0 Å². The van der Waals surface area contributed by atoms with E-state index < -0.39 is 0 Å². The number of nitrogens with zero attached hydrogens (tertiary/aromatic N) is 2. The van der Waals surface area contributed by atoms with Gasteiger partial charge in [0.25, 0.3) is 0 Å². The Morgan fingerprint density at radius 3 is 2.96 bits per heavy atom. The molecule has 0 radical (unpaired) electrons. The molecule has 0 unspecified atom stereocenters. The molecule has 0 aliphatic heterocycles. The van der Waals surface area contributed by atoms with Crippen LogP contribution in [0.25, 0.3) is 0 Å². The van der Waals surface area contributed by atoms with Gasteiger partial charge in [-0.1, -0.05) is 6.92 Å². The van der Waals surface area contributed by atoms with Crippen LogP contribution >= 0.6 is 23.6 Å². The second-order valence-corrected chi connectivity index (χ2v) is 7.23. The number of methoxy groups -OCH3 is 1. The summed E-state index contributed by atoms with van der Waals surface area (Å²) in [5.41, 5.74) is 1.70. The highest BCUT2D eigenvalue weighted by atomic mass is 32.1. The third-order valence-corrected chi connectivity index (χ3v) is 5.31. The van der Waals surface area contributed by atoms with Gasteiger partial charge in [0.1, 0.15) is 5.00 Å². The van der Waals surface area contributed by atoms with Gasteiger partial charge in [0.2, 0.25) is 0 Å². The van der Waals surface area contributed by atoms with Crippen LogP contribution in [0.1, 0.15) is 34.1 Å². The molecule has 1 aliphatic rings. The number of fused-ring (bicyclic) bond motifs is 1. The Kier molecular flexibility index (Phi) is 5.06. The lowest BCUT2D eigenvalue weighted by molar-refractivity contribution is 0.0601. The van der Waals surface area contributed by atoms with Crippen LogP contribution in [0.4, 0.5) is 10.8 Å². The van der Waals surface area contributed by atoms with Gasteiger partial charge < -0.3 is 15.4 Å². The van der Waals surface area contributed by atoms with Crippen LogP contribution in [0, 0.1) is 5.92 Å². The molecule has 6 nitrogen and oxygen atoms in total. The molecule has 0 spiro atoms. The van der Waals surface area contributed by atoms with Crippen molar-refractivity contribution in [1.29, 1.82) is 0 Å². The maximum atomic E-state index is 12.2. The van der Waals surface area contributed by atoms with Crippen LogP contribution < -0.4 is 10.6 Å². The molecule has 2 N–H and O–H groups in total. The maximum Gasteiger partial charge on any atom is 0.341 e. The molecule has 8 heteroatoms. The fourth-order valence-electron chi connectivity index (χ4n) is 2.77. The monoisotopic (exact) mass is 362 g/mol. The topological polar surface area (TPSA) is 76.1 Å². The number of carbonyl (C=O) groups is 1. The molecule has 3 rings (SSSR count). The molecule has 2 aromatic rings. The van der Waals surface area contributed by atoms with E-state index in [2.05, 4.69) is 27.5 Å². The zero-order chi connectivity index (χ0) is 17.1. The first-order chi connectivity index (χ1) is 11.6. The number of hydrogen-bond acceptors (Lipinski definition) is 6. The molecular weight excluding hydrogens is 344 g/mol. The third-order valence-electron chi connectivity index (χ3n) is 3.93. The van der Waals surface area contributed by atoms with Gasteiger partial charge in [0.15, 0.2) is 10.9 Å². The van der Waals surface area contributed by atoms with Crippen LogP contribution in [-0.2, 0) is 17.6 Å². The molecule has 1 aliphatic carbocycles. The molecule has 2 aromatic heterocycles. The van der Waals surface area contributed by atoms with Crippen molar-refractivity contribution < 1.29 is 9.53 Å². The molecule has 24 heavy (non-hydrogen) atoms. The number of rotatable bonds is 3. The van der Waals surface area contributed by atoms with Crippen molar-refractivity contribution in [1.82, 2.24) is 9.97 Å². The minimum absolute atomic E-state index is 0.327. The minimum Gasteiger partial charge on any atom is -0.465 e. The standard InChI is InChI=1S/C16H18N4O2S2/c1-9-3-4-10-11(7-9)24-14(13(10)15(21)22-2)20-16(23)19-12-8-17-5-6-18-12/h5-6,8-9H,3-4,7H2,1-2H3,(H2,18,19,20,23)/t9-/m0/s1. The summed E-state index contributed by atoms with van der Waals surface area (Å²) in [6.45, 7) is 2.23. The Balaban J connectivity index is 1.84. The van der Waals surface area contributed by atoms with Crippen LogP contribution in [0.15, 0.2) is 18.6 Å². The van der Waals surface area contributed by atoms with Crippen LogP contribution in [0.2, 0.25) is 0 Å². The summed E-state index contributed by atoms with van der Waals surface area (Å²) in [4.78, 5) is 21.6. The van der Waals surface area contributed by atoms with Gasteiger partial charge in [-0.25, -0.2) is 9.78 Å². The summed E-state index contributed by atoms with van der Waals surface area (Å²) in [7, 11) is 1.40. The normalized spacial score (nSPS) is 16.2. The quantitative estimate of drug-likeness (QED) is 0.641. The van der Waals surface area contributed by atoms with E-state index in [9.17, 15) is 4.79 Å². The second-order valence-electron chi connectivity index (χ2n) is 5.72. The highest BCUT2D eigenvalue weighted by molar-refractivity contribution is 7.80.